The van der Waals surface area contributed by atoms with E-state index in [1.54, 1.807) is 24.3 Å². The van der Waals surface area contributed by atoms with Crippen LogP contribution in [0.2, 0.25) is 0 Å². The maximum Gasteiger partial charge on any atom is 0.339 e. The maximum atomic E-state index is 13.5. The van der Waals surface area contributed by atoms with Gasteiger partial charge in [-0.25, -0.2) is 4.79 Å². The molecule has 28 heavy (non-hydrogen) atoms. The van der Waals surface area contributed by atoms with Crippen molar-refractivity contribution in [3.63, 3.8) is 0 Å². The number of carbonyl (C=O) groups excluding carboxylic acids is 3. The molecule has 144 valence electrons. The van der Waals surface area contributed by atoms with E-state index in [1.807, 2.05) is 6.07 Å². The lowest BCUT2D eigenvalue weighted by Gasteiger charge is -2.34. The molecule has 0 bridgehead atoms. The topological polar surface area (TPSA) is 132 Å². The van der Waals surface area contributed by atoms with Crippen LogP contribution in [-0.2, 0) is 34.0 Å². The van der Waals surface area contributed by atoms with Crippen molar-refractivity contribution in [1.29, 1.82) is 5.26 Å². The van der Waals surface area contributed by atoms with Gasteiger partial charge >= 0.3 is 11.9 Å². The van der Waals surface area contributed by atoms with Crippen LogP contribution >= 0.6 is 0 Å². The number of anilines is 1. The van der Waals surface area contributed by atoms with E-state index in [2.05, 4.69) is 4.74 Å². The summed E-state index contributed by atoms with van der Waals surface area (Å²) in [5, 5.41) is 9.80. The Morgan fingerprint density at radius 2 is 1.96 bits per heavy atom. The summed E-state index contributed by atoms with van der Waals surface area (Å²) >= 11 is 0. The summed E-state index contributed by atoms with van der Waals surface area (Å²) in [6.45, 7) is 0. The van der Waals surface area contributed by atoms with Crippen LogP contribution in [0.1, 0.15) is 12.0 Å². The standard InChI is InChI=1S/C19H17N3O6/c1-22-12-7-5-4-6-10(12)19(18(22)25)11(9-20)16(21)28-13(8-14(23)26-2)15(19)17(24)27-3/h4-7H,8,21H2,1-3H3/t19-/m1/s1. The molecule has 1 aromatic carbocycles. The van der Waals surface area contributed by atoms with E-state index in [1.165, 1.54) is 19.1 Å². The van der Waals surface area contributed by atoms with Gasteiger partial charge in [0.05, 0.1) is 14.2 Å². The van der Waals surface area contributed by atoms with Gasteiger partial charge in [0.25, 0.3) is 0 Å². The van der Waals surface area contributed by atoms with Crippen molar-refractivity contribution >= 4 is 23.5 Å². The zero-order valence-corrected chi connectivity index (χ0v) is 15.4. The Balaban J connectivity index is 2.44. The van der Waals surface area contributed by atoms with E-state index in [0.717, 1.165) is 7.11 Å². The number of hydrogen-bond acceptors (Lipinski definition) is 8. The zero-order valence-electron chi connectivity index (χ0n) is 15.4. The third-order valence-electron chi connectivity index (χ3n) is 4.84. The van der Waals surface area contributed by atoms with Gasteiger partial charge < -0.3 is 24.8 Å². The second kappa shape index (κ2) is 6.74. The Morgan fingerprint density at radius 1 is 1.29 bits per heavy atom. The van der Waals surface area contributed by atoms with Crippen molar-refractivity contribution in [2.75, 3.05) is 26.2 Å². The van der Waals surface area contributed by atoms with E-state index in [0.29, 0.717) is 11.3 Å². The molecule has 0 unspecified atom stereocenters. The van der Waals surface area contributed by atoms with Gasteiger partial charge in [0.1, 0.15) is 29.4 Å². The number of likely N-dealkylation sites (N-methyl/N-ethyl adjacent to an activating group) is 1. The third kappa shape index (κ3) is 2.35. The van der Waals surface area contributed by atoms with E-state index >= 15 is 0 Å². The first-order valence-corrected chi connectivity index (χ1v) is 8.19. The summed E-state index contributed by atoms with van der Waals surface area (Å²) < 4.78 is 15.0. The second-order valence-electron chi connectivity index (χ2n) is 6.13. The Labute approximate surface area is 160 Å². The number of carbonyl (C=O) groups is 3. The maximum absolute atomic E-state index is 13.5. The molecular weight excluding hydrogens is 366 g/mol. The smallest absolute Gasteiger partial charge is 0.339 e. The molecule has 0 aliphatic carbocycles. The van der Waals surface area contributed by atoms with Crippen molar-refractivity contribution in [2.24, 2.45) is 5.73 Å². The number of para-hydroxylation sites is 1. The first-order valence-electron chi connectivity index (χ1n) is 8.19. The number of benzene rings is 1. The van der Waals surface area contributed by atoms with Crippen molar-refractivity contribution in [3.05, 3.63) is 52.6 Å². The largest absolute Gasteiger partial charge is 0.469 e. The fourth-order valence-corrected chi connectivity index (χ4v) is 3.63. The quantitative estimate of drug-likeness (QED) is 0.751. The van der Waals surface area contributed by atoms with Gasteiger partial charge in [-0.15, -0.1) is 0 Å². The molecule has 1 aromatic rings. The molecule has 1 amide bonds. The van der Waals surface area contributed by atoms with Crippen molar-refractivity contribution in [3.8, 4) is 6.07 Å². The zero-order chi connectivity index (χ0) is 20.6. The molecule has 2 aliphatic heterocycles. The third-order valence-corrected chi connectivity index (χ3v) is 4.84. The van der Waals surface area contributed by atoms with Crippen LogP contribution in [0.5, 0.6) is 0 Å². The van der Waals surface area contributed by atoms with Crippen molar-refractivity contribution < 1.29 is 28.6 Å². The van der Waals surface area contributed by atoms with Gasteiger partial charge in [0.15, 0.2) is 5.41 Å². The minimum absolute atomic E-state index is 0.200. The van der Waals surface area contributed by atoms with Gasteiger partial charge in [0.2, 0.25) is 11.8 Å². The number of nitriles is 1. The van der Waals surface area contributed by atoms with Crippen molar-refractivity contribution in [1.82, 2.24) is 0 Å². The summed E-state index contributed by atoms with van der Waals surface area (Å²) in [6.07, 6.45) is -0.471. The Bertz CT molecular complexity index is 1000. The SMILES string of the molecule is COC(=O)CC1=C(C(=O)OC)[C@]2(C(=O)N(C)c3ccccc32)C(C#N)=C(N)O1. The summed E-state index contributed by atoms with van der Waals surface area (Å²) in [7, 11) is 3.82. The number of nitrogens with zero attached hydrogens (tertiary/aromatic N) is 2. The predicted octanol–water partition coefficient (Wildman–Crippen LogP) is 0.615. The molecule has 9 heteroatoms. The second-order valence-corrected chi connectivity index (χ2v) is 6.13. The van der Waals surface area contributed by atoms with Crippen LogP contribution in [0.4, 0.5) is 5.69 Å². The van der Waals surface area contributed by atoms with Gasteiger partial charge in [-0.1, -0.05) is 18.2 Å². The molecule has 0 saturated carbocycles. The highest BCUT2D eigenvalue weighted by molar-refractivity contribution is 6.18. The molecule has 0 aromatic heterocycles. The molecular formula is C19H17N3O6. The van der Waals surface area contributed by atoms with Crippen LogP contribution in [-0.4, -0.2) is 39.1 Å². The lowest BCUT2D eigenvalue weighted by molar-refractivity contribution is -0.141. The Hall–Kier alpha value is -3.80. The van der Waals surface area contributed by atoms with Crippen LogP contribution in [0, 0.1) is 11.3 Å². The van der Waals surface area contributed by atoms with E-state index < -0.39 is 29.7 Å². The first-order chi connectivity index (χ1) is 13.3. The number of fused-ring (bicyclic) bond motifs is 2. The summed E-state index contributed by atoms with van der Waals surface area (Å²) in [5.41, 5.74) is 4.42. The van der Waals surface area contributed by atoms with Crippen LogP contribution in [0.25, 0.3) is 0 Å². The minimum atomic E-state index is -1.88. The summed E-state index contributed by atoms with van der Waals surface area (Å²) in [5.74, 6) is -2.79. The first kappa shape index (κ1) is 19.0. The van der Waals surface area contributed by atoms with E-state index in [4.69, 9.17) is 15.2 Å². The summed E-state index contributed by atoms with van der Waals surface area (Å²) in [4.78, 5) is 39.4. The molecule has 2 N–H and O–H groups in total. The fraction of sp³-hybridized carbons (Fsp3) is 0.263. The average Bonchev–Trinajstić information content (AvgIpc) is 2.91. The van der Waals surface area contributed by atoms with E-state index in [-0.39, 0.29) is 22.8 Å². The normalized spacial score (nSPS) is 20.6. The fourth-order valence-electron chi connectivity index (χ4n) is 3.63. The molecule has 2 heterocycles. The molecule has 9 nitrogen and oxygen atoms in total. The lowest BCUT2D eigenvalue weighted by atomic mass is 9.68. The van der Waals surface area contributed by atoms with E-state index in [9.17, 15) is 19.6 Å². The van der Waals surface area contributed by atoms with Gasteiger partial charge in [-0.3, -0.25) is 9.59 Å². The summed E-state index contributed by atoms with van der Waals surface area (Å²) in [6, 6.07) is 8.58. The van der Waals surface area contributed by atoms with Gasteiger partial charge in [-0.2, -0.15) is 5.26 Å². The number of methoxy groups -OCH3 is 2. The lowest BCUT2D eigenvalue weighted by Crippen LogP contribution is -2.48. The van der Waals surface area contributed by atoms with Crippen LogP contribution < -0.4 is 10.6 Å². The molecule has 1 spiro atoms. The molecule has 2 aliphatic rings. The number of hydrogen-bond donors (Lipinski definition) is 1. The van der Waals surface area contributed by atoms with Gasteiger partial charge in [-0.05, 0) is 6.07 Å². The highest BCUT2D eigenvalue weighted by Crippen LogP contribution is 2.54. The van der Waals surface area contributed by atoms with Crippen LogP contribution in [0.3, 0.4) is 0 Å². The highest BCUT2D eigenvalue weighted by atomic mass is 16.5. The number of rotatable bonds is 3. The molecule has 0 radical (unpaired) electrons. The number of amides is 1. The highest BCUT2D eigenvalue weighted by Gasteiger charge is 2.61. The number of nitrogens with two attached hydrogens (primary N) is 1. The van der Waals surface area contributed by atoms with Gasteiger partial charge in [0, 0.05) is 18.3 Å². The Morgan fingerprint density at radius 3 is 2.57 bits per heavy atom. The predicted molar refractivity (Wildman–Crippen MR) is 95.1 cm³/mol. The van der Waals surface area contributed by atoms with Crippen LogP contribution in [0.15, 0.2) is 47.1 Å². The number of ether oxygens (including phenoxy) is 3. The van der Waals surface area contributed by atoms with Crippen molar-refractivity contribution in [2.45, 2.75) is 11.8 Å². The monoisotopic (exact) mass is 383 g/mol. The number of esters is 2. The molecule has 3 rings (SSSR count). The average molecular weight is 383 g/mol. The molecule has 1 atom stereocenters. The molecule has 0 saturated heterocycles. The molecule has 0 fully saturated rings. The Kier molecular flexibility index (Phi) is 4.56. The minimum Gasteiger partial charge on any atom is -0.469 e.